The van der Waals surface area contributed by atoms with Gasteiger partial charge in [0.1, 0.15) is 29.3 Å². The van der Waals surface area contributed by atoms with Gasteiger partial charge >= 0.3 is 0 Å². The van der Waals surface area contributed by atoms with Crippen molar-refractivity contribution in [1.29, 1.82) is 0 Å². The predicted molar refractivity (Wildman–Crippen MR) is 106 cm³/mol. The summed E-state index contributed by atoms with van der Waals surface area (Å²) in [6.45, 7) is 2.42. The molecule has 6 heteroatoms. The Morgan fingerprint density at radius 1 is 1.00 bits per heavy atom. The number of aromatic hydroxyl groups is 1. The van der Waals surface area contributed by atoms with E-state index in [-0.39, 0.29) is 5.75 Å². The highest BCUT2D eigenvalue weighted by molar-refractivity contribution is 5.87. The Bertz CT molecular complexity index is 1130. The molecule has 0 bridgehead atoms. The number of hydrogen-bond acceptors (Lipinski definition) is 6. The van der Waals surface area contributed by atoms with Crippen molar-refractivity contribution < 1.29 is 14.6 Å². The molecule has 0 fully saturated rings. The highest BCUT2D eigenvalue weighted by atomic mass is 16.5. The van der Waals surface area contributed by atoms with Crippen molar-refractivity contribution in [3.63, 3.8) is 0 Å². The Kier molecular flexibility index (Phi) is 4.76. The SMILES string of the molecule is COc1cccc(COc2cc(C)cc3ccc(-c4ncc(O)cn4)nc23)c1. The minimum atomic E-state index is 0.0162. The summed E-state index contributed by atoms with van der Waals surface area (Å²) >= 11 is 0. The van der Waals surface area contributed by atoms with Gasteiger partial charge in [0.2, 0.25) is 0 Å². The molecule has 28 heavy (non-hydrogen) atoms. The second-order valence-electron chi connectivity index (χ2n) is 6.44. The minimum Gasteiger partial charge on any atom is -0.505 e. The smallest absolute Gasteiger partial charge is 0.178 e. The average Bonchev–Trinajstić information content (AvgIpc) is 2.72. The fourth-order valence-corrected chi connectivity index (χ4v) is 2.96. The summed E-state index contributed by atoms with van der Waals surface area (Å²) < 4.78 is 11.4. The van der Waals surface area contributed by atoms with E-state index in [4.69, 9.17) is 14.5 Å². The normalized spacial score (nSPS) is 10.8. The van der Waals surface area contributed by atoms with Crippen LogP contribution >= 0.6 is 0 Å². The molecule has 0 spiro atoms. The summed E-state index contributed by atoms with van der Waals surface area (Å²) in [7, 11) is 1.64. The molecule has 0 atom stereocenters. The topological polar surface area (TPSA) is 77.4 Å². The van der Waals surface area contributed by atoms with E-state index in [1.54, 1.807) is 7.11 Å². The van der Waals surface area contributed by atoms with Gasteiger partial charge in [-0.15, -0.1) is 0 Å². The molecule has 0 radical (unpaired) electrons. The second kappa shape index (κ2) is 7.52. The van der Waals surface area contributed by atoms with Gasteiger partial charge in [-0.05, 0) is 48.4 Å². The number of rotatable bonds is 5. The molecule has 1 N–H and O–H groups in total. The first-order valence-electron chi connectivity index (χ1n) is 8.81. The van der Waals surface area contributed by atoms with Gasteiger partial charge in [0, 0.05) is 5.39 Å². The van der Waals surface area contributed by atoms with E-state index in [1.165, 1.54) is 12.4 Å². The van der Waals surface area contributed by atoms with Crippen LogP contribution in [0.4, 0.5) is 0 Å². The third-order valence-corrected chi connectivity index (χ3v) is 4.30. The van der Waals surface area contributed by atoms with Crippen molar-refractivity contribution in [2.45, 2.75) is 13.5 Å². The van der Waals surface area contributed by atoms with E-state index in [2.05, 4.69) is 16.0 Å². The van der Waals surface area contributed by atoms with Gasteiger partial charge < -0.3 is 14.6 Å². The molecule has 0 aliphatic rings. The molecule has 140 valence electrons. The molecule has 0 aliphatic heterocycles. The van der Waals surface area contributed by atoms with Gasteiger partial charge in [0.25, 0.3) is 0 Å². The summed E-state index contributed by atoms with van der Waals surface area (Å²) in [4.78, 5) is 13.0. The van der Waals surface area contributed by atoms with Crippen molar-refractivity contribution in [3.05, 3.63) is 72.1 Å². The third kappa shape index (κ3) is 3.71. The van der Waals surface area contributed by atoms with Crippen LogP contribution in [0, 0.1) is 6.92 Å². The first-order valence-corrected chi connectivity index (χ1v) is 8.81. The average molecular weight is 373 g/mol. The summed E-state index contributed by atoms with van der Waals surface area (Å²) in [6, 6.07) is 15.6. The highest BCUT2D eigenvalue weighted by Crippen LogP contribution is 2.29. The number of aryl methyl sites for hydroxylation is 1. The van der Waals surface area contributed by atoms with Gasteiger partial charge in [-0.1, -0.05) is 18.2 Å². The van der Waals surface area contributed by atoms with E-state index in [0.717, 1.165) is 27.8 Å². The molecular formula is C22H19N3O3. The van der Waals surface area contributed by atoms with Crippen LogP contribution in [0.25, 0.3) is 22.4 Å². The Labute approximate surface area is 162 Å². The van der Waals surface area contributed by atoms with Gasteiger partial charge in [-0.3, -0.25) is 0 Å². The van der Waals surface area contributed by atoms with E-state index in [1.807, 2.05) is 49.4 Å². The third-order valence-electron chi connectivity index (χ3n) is 4.30. The zero-order valence-corrected chi connectivity index (χ0v) is 15.6. The van der Waals surface area contributed by atoms with Crippen LogP contribution in [-0.4, -0.2) is 27.2 Å². The number of nitrogens with zero attached hydrogens (tertiary/aromatic N) is 3. The van der Waals surface area contributed by atoms with Gasteiger partial charge in [0.05, 0.1) is 19.5 Å². The standard InChI is InChI=1S/C22H19N3O3/c1-14-8-16-6-7-19(22-23-11-17(26)12-24-22)25-21(16)20(9-14)28-13-15-4-3-5-18(10-15)27-2/h3-12,26H,13H2,1-2H3. The van der Waals surface area contributed by atoms with Crippen LogP contribution in [0.15, 0.2) is 60.9 Å². The van der Waals surface area contributed by atoms with Crippen LogP contribution in [0.1, 0.15) is 11.1 Å². The Morgan fingerprint density at radius 2 is 1.82 bits per heavy atom. The van der Waals surface area contributed by atoms with E-state index >= 15 is 0 Å². The molecule has 0 unspecified atom stereocenters. The maximum atomic E-state index is 9.39. The molecule has 0 saturated heterocycles. The maximum Gasteiger partial charge on any atom is 0.178 e. The quantitative estimate of drug-likeness (QED) is 0.562. The monoisotopic (exact) mass is 373 g/mol. The van der Waals surface area contributed by atoms with Crippen molar-refractivity contribution in [2.24, 2.45) is 0 Å². The van der Waals surface area contributed by atoms with Gasteiger partial charge in [-0.2, -0.15) is 0 Å². The largest absolute Gasteiger partial charge is 0.505 e. The highest BCUT2D eigenvalue weighted by Gasteiger charge is 2.10. The minimum absolute atomic E-state index is 0.0162. The molecule has 0 amide bonds. The van der Waals surface area contributed by atoms with Crippen molar-refractivity contribution in [3.8, 4) is 28.8 Å². The fraction of sp³-hybridized carbons (Fsp3) is 0.136. The van der Waals surface area contributed by atoms with Crippen molar-refractivity contribution >= 4 is 10.9 Å². The van der Waals surface area contributed by atoms with E-state index in [9.17, 15) is 5.11 Å². The molecule has 0 saturated carbocycles. The molecule has 2 heterocycles. The van der Waals surface area contributed by atoms with Crippen LogP contribution in [0.5, 0.6) is 17.2 Å². The molecule has 6 nitrogen and oxygen atoms in total. The molecular weight excluding hydrogens is 354 g/mol. The Hall–Kier alpha value is -3.67. The zero-order chi connectivity index (χ0) is 19.5. The molecule has 0 aliphatic carbocycles. The lowest BCUT2D eigenvalue weighted by atomic mass is 10.1. The lowest BCUT2D eigenvalue weighted by Crippen LogP contribution is -1.99. The maximum absolute atomic E-state index is 9.39. The number of ether oxygens (including phenoxy) is 2. The molecule has 2 aromatic heterocycles. The number of fused-ring (bicyclic) bond motifs is 1. The first kappa shape index (κ1) is 17.7. The number of pyridine rings is 1. The number of methoxy groups -OCH3 is 1. The molecule has 4 rings (SSSR count). The van der Waals surface area contributed by atoms with Gasteiger partial charge in [0.15, 0.2) is 11.6 Å². The lowest BCUT2D eigenvalue weighted by molar-refractivity contribution is 0.308. The summed E-state index contributed by atoms with van der Waals surface area (Å²) in [6.07, 6.45) is 2.70. The van der Waals surface area contributed by atoms with Gasteiger partial charge in [-0.25, -0.2) is 15.0 Å². The van der Waals surface area contributed by atoms with Crippen LogP contribution in [0.3, 0.4) is 0 Å². The number of aromatic nitrogens is 3. The number of hydrogen-bond donors (Lipinski definition) is 1. The first-order chi connectivity index (χ1) is 13.6. The number of benzene rings is 2. The summed E-state index contributed by atoms with van der Waals surface area (Å²) in [5.41, 5.74) is 3.45. The van der Waals surface area contributed by atoms with Crippen molar-refractivity contribution in [2.75, 3.05) is 7.11 Å². The summed E-state index contributed by atoms with van der Waals surface area (Å²) in [5, 5.41) is 10.4. The van der Waals surface area contributed by atoms with Crippen LogP contribution in [0.2, 0.25) is 0 Å². The fourth-order valence-electron chi connectivity index (χ4n) is 2.96. The summed E-state index contributed by atoms with van der Waals surface area (Å²) in [5.74, 6) is 1.94. The van der Waals surface area contributed by atoms with E-state index < -0.39 is 0 Å². The van der Waals surface area contributed by atoms with Crippen LogP contribution < -0.4 is 9.47 Å². The molecule has 4 aromatic rings. The van der Waals surface area contributed by atoms with Crippen molar-refractivity contribution in [1.82, 2.24) is 15.0 Å². The Balaban J connectivity index is 1.69. The lowest BCUT2D eigenvalue weighted by Gasteiger charge is -2.12. The predicted octanol–water partition coefficient (Wildman–Crippen LogP) is 4.29. The van der Waals surface area contributed by atoms with E-state index in [0.29, 0.717) is 23.9 Å². The van der Waals surface area contributed by atoms with Crippen LogP contribution in [-0.2, 0) is 6.61 Å². The molecule has 2 aromatic carbocycles. The Morgan fingerprint density at radius 3 is 2.61 bits per heavy atom. The second-order valence-corrected chi connectivity index (χ2v) is 6.44. The zero-order valence-electron chi connectivity index (χ0n) is 15.6.